The van der Waals surface area contributed by atoms with Crippen molar-refractivity contribution in [2.45, 2.75) is 0 Å². The molecule has 2 rings (SSSR count). The zero-order chi connectivity index (χ0) is 14.7. The number of pyridine rings is 1. The van der Waals surface area contributed by atoms with Gasteiger partial charge in [-0.25, -0.2) is 4.98 Å². The maximum atomic E-state index is 12.1. The molecule has 0 spiro atoms. The number of carbonyl (C=O) groups is 1. The van der Waals surface area contributed by atoms with E-state index >= 15 is 0 Å². The van der Waals surface area contributed by atoms with Crippen LogP contribution in [0.5, 0.6) is 0 Å². The number of benzene rings is 1. The monoisotopic (exact) mass is 355 g/mol. The van der Waals surface area contributed by atoms with Crippen LogP contribution in [0.1, 0.15) is 10.4 Å². The highest BCUT2D eigenvalue weighted by Crippen LogP contribution is 2.23. The summed E-state index contributed by atoms with van der Waals surface area (Å²) in [5, 5.41) is 13.6. The number of halogens is 2. The maximum Gasteiger partial charge on any atom is 0.282 e. The molecule has 102 valence electrons. The third-order valence-electron chi connectivity index (χ3n) is 2.37. The van der Waals surface area contributed by atoms with Crippen molar-refractivity contribution in [1.29, 1.82) is 0 Å². The summed E-state index contributed by atoms with van der Waals surface area (Å²) in [5.41, 5.74) is -0.434. The Morgan fingerprint density at radius 3 is 2.70 bits per heavy atom. The first-order chi connectivity index (χ1) is 9.47. The Balaban J connectivity index is 2.31. The molecule has 6 nitrogen and oxygen atoms in total. The summed E-state index contributed by atoms with van der Waals surface area (Å²) in [6.07, 6.45) is 1.50. The topological polar surface area (TPSA) is 85.1 Å². The van der Waals surface area contributed by atoms with Crippen LogP contribution in [-0.2, 0) is 0 Å². The first kappa shape index (κ1) is 14.4. The van der Waals surface area contributed by atoms with Gasteiger partial charge in [-0.2, -0.15) is 0 Å². The van der Waals surface area contributed by atoms with Crippen LogP contribution in [-0.4, -0.2) is 15.8 Å². The highest BCUT2D eigenvalue weighted by molar-refractivity contribution is 9.10. The fourth-order valence-electron chi connectivity index (χ4n) is 1.48. The third-order valence-corrected chi connectivity index (χ3v) is 3.07. The standard InChI is InChI=1S/C12H7BrClN3O3/c13-7-1-4-11(15-6-7)16-12(18)9-5-8(14)2-3-10(9)17(19)20/h1-6H,(H,15,16,18). The number of nitro groups is 1. The van der Waals surface area contributed by atoms with Gasteiger partial charge in [0, 0.05) is 21.8 Å². The Bertz CT molecular complexity index is 676. The fourth-order valence-corrected chi connectivity index (χ4v) is 1.89. The molecule has 2 aromatic rings. The smallest absolute Gasteiger partial charge is 0.282 e. The number of hydrogen-bond acceptors (Lipinski definition) is 4. The lowest BCUT2D eigenvalue weighted by Crippen LogP contribution is -2.14. The quantitative estimate of drug-likeness (QED) is 0.672. The summed E-state index contributed by atoms with van der Waals surface area (Å²) in [5.74, 6) is -0.360. The maximum absolute atomic E-state index is 12.1. The number of amides is 1. The van der Waals surface area contributed by atoms with E-state index in [1.165, 1.54) is 24.4 Å². The number of carbonyl (C=O) groups excluding carboxylic acids is 1. The minimum absolute atomic E-state index is 0.118. The molecule has 1 heterocycles. The van der Waals surface area contributed by atoms with E-state index in [2.05, 4.69) is 26.2 Å². The van der Waals surface area contributed by atoms with Gasteiger partial charge in [0.05, 0.1) is 4.92 Å². The first-order valence-corrected chi connectivity index (χ1v) is 6.51. The van der Waals surface area contributed by atoms with E-state index in [0.29, 0.717) is 0 Å². The molecule has 0 aliphatic heterocycles. The normalized spacial score (nSPS) is 10.1. The summed E-state index contributed by atoms with van der Waals surface area (Å²) < 4.78 is 0.754. The lowest BCUT2D eigenvalue weighted by atomic mass is 10.1. The number of anilines is 1. The molecule has 1 aromatic heterocycles. The van der Waals surface area contributed by atoms with Gasteiger partial charge in [0.2, 0.25) is 0 Å². The lowest BCUT2D eigenvalue weighted by Gasteiger charge is -2.05. The van der Waals surface area contributed by atoms with Gasteiger partial charge in [-0.1, -0.05) is 11.6 Å². The Kier molecular flexibility index (Phi) is 4.31. The fraction of sp³-hybridized carbons (Fsp3) is 0. The highest BCUT2D eigenvalue weighted by Gasteiger charge is 2.20. The van der Waals surface area contributed by atoms with Crippen LogP contribution in [0.4, 0.5) is 11.5 Å². The minimum Gasteiger partial charge on any atom is -0.306 e. The van der Waals surface area contributed by atoms with E-state index in [4.69, 9.17) is 11.6 Å². The molecular weight excluding hydrogens is 350 g/mol. The van der Waals surface area contributed by atoms with E-state index < -0.39 is 10.8 Å². The molecule has 1 aromatic carbocycles. The van der Waals surface area contributed by atoms with Gasteiger partial charge in [0.15, 0.2) is 0 Å². The molecular formula is C12H7BrClN3O3. The number of nitrogens with zero attached hydrogens (tertiary/aromatic N) is 2. The van der Waals surface area contributed by atoms with Gasteiger partial charge in [-0.15, -0.1) is 0 Å². The highest BCUT2D eigenvalue weighted by atomic mass is 79.9. The molecule has 1 N–H and O–H groups in total. The van der Waals surface area contributed by atoms with Crippen molar-refractivity contribution in [1.82, 2.24) is 4.98 Å². The summed E-state index contributed by atoms with van der Waals surface area (Å²) >= 11 is 8.98. The molecule has 1 amide bonds. The Labute approximate surface area is 127 Å². The zero-order valence-electron chi connectivity index (χ0n) is 9.84. The molecule has 0 fully saturated rings. The minimum atomic E-state index is -0.644. The number of aromatic nitrogens is 1. The molecule has 0 radical (unpaired) electrons. The van der Waals surface area contributed by atoms with Crippen molar-refractivity contribution >= 4 is 44.9 Å². The summed E-state index contributed by atoms with van der Waals surface area (Å²) in [6, 6.07) is 7.04. The molecule has 8 heteroatoms. The van der Waals surface area contributed by atoms with E-state index in [-0.39, 0.29) is 22.1 Å². The largest absolute Gasteiger partial charge is 0.306 e. The van der Waals surface area contributed by atoms with Crippen molar-refractivity contribution in [3.05, 3.63) is 61.7 Å². The van der Waals surface area contributed by atoms with Gasteiger partial charge >= 0.3 is 0 Å². The van der Waals surface area contributed by atoms with Gasteiger partial charge in [0.1, 0.15) is 11.4 Å². The van der Waals surface area contributed by atoms with Crippen molar-refractivity contribution in [2.24, 2.45) is 0 Å². The Morgan fingerprint density at radius 2 is 2.10 bits per heavy atom. The second kappa shape index (κ2) is 5.98. The number of nitrogens with one attached hydrogen (secondary N) is 1. The van der Waals surface area contributed by atoms with E-state index in [9.17, 15) is 14.9 Å². The molecule has 20 heavy (non-hydrogen) atoms. The van der Waals surface area contributed by atoms with Gasteiger partial charge in [-0.3, -0.25) is 14.9 Å². The average Bonchev–Trinajstić information content (AvgIpc) is 2.41. The molecule has 0 saturated carbocycles. The molecule has 0 atom stereocenters. The lowest BCUT2D eigenvalue weighted by molar-refractivity contribution is -0.385. The van der Waals surface area contributed by atoms with Crippen LogP contribution in [0.2, 0.25) is 5.02 Å². The second-order valence-electron chi connectivity index (χ2n) is 3.73. The second-order valence-corrected chi connectivity index (χ2v) is 5.09. The van der Waals surface area contributed by atoms with E-state index in [0.717, 1.165) is 4.47 Å². The Hall–Kier alpha value is -1.99. The summed E-state index contributed by atoms with van der Waals surface area (Å²) in [4.78, 5) is 26.3. The molecule has 0 unspecified atom stereocenters. The molecule has 0 aliphatic carbocycles. The van der Waals surface area contributed by atoms with Crippen LogP contribution in [0.3, 0.4) is 0 Å². The average molecular weight is 357 g/mol. The number of nitro benzene ring substituents is 1. The van der Waals surface area contributed by atoms with Crippen LogP contribution in [0.25, 0.3) is 0 Å². The summed E-state index contributed by atoms with van der Waals surface area (Å²) in [7, 11) is 0. The summed E-state index contributed by atoms with van der Waals surface area (Å²) in [6.45, 7) is 0. The third kappa shape index (κ3) is 3.31. The van der Waals surface area contributed by atoms with Crippen molar-refractivity contribution in [2.75, 3.05) is 5.32 Å². The van der Waals surface area contributed by atoms with Crippen LogP contribution in [0, 0.1) is 10.1 Å². The van der Waals surface area contributed by atoms with Crippen LogP contribution in [0.15, 0.2) is 41.0 Å². The van der Waals surface area contributed by atoms with E-state index in [1.54, 1.807) is 12.1 Å². The Morgan fingerprint density at radius 1 is 1.35 bits per heavy atom. The molecule has 0 bridgehead atoms. The molecule has 0 saturated heterocycles. The van der Waals surface area contributed by atoms with Gasteiger partial charge in [0.25, 0.3) is 11.6 Å². The van der Waals surface area contributed by atoms with Crippen LogP contribution < -0.4 is 5.32 Å². The van der Waals surface area contributed by atoms with E-state index in [1.807, 2.05) is 0 Å². The van der Waals surface area contributed by atoms with Crippen molar-refractivity contribution in [3.8, 4) is 0 Å². The zero-order valence-corrected chi connectivity index (χ0v) is 12.2. The first-order valence-electron chi connectivity index (χ1n) is 5.34. The van der Waals surface area contributed by atoms with Gasteiger partial charge < -0.3 is 5.32 Å². The van der Waals surface area contributed by atoms with Gasteiger partial charge in [-0.05, 0) is 40.2 Å². The predicted molar refractivity (Wildman–Crippen MR) is 78.0 cm³/mol. The van der Waals surface area contributed by atoms with Crippen molar-refractivity contribution < 1.29 is 9.72 Å². The molecule has 0 aliphatic rings. The number of hydrogen-bond donors (Lipinski definition) is 1. The number of rotatable bonds is 3. The predicted octanol–water partition coefficient (Wildman–Crippen LogP) is 3.66. The van der Waals surface area contributed by atoms with Crippen LogP contribution >= 0.6 is 27.5 Å². The van der Waals surface area contributed by atoms with Crippen molar-refractivity contribution in [3.63, 3.8) is 0 Å². The SMILES string of the molecule is O=C(Nc1ccc(Br)cn1)c1cc(Cl)ccc1[N+](=O)[O-].